The highest BCUT2D eigenvalue weighted by Gasteiger charge is 2.50. The lowest BCUT2D eigenvalue weighted by Crippen LogP contribution is -2.29. The number of benzene rings is 10. The fourth-order valence-electron chi connectivity index (χ4n) is 10.7. The molecule has 0 saturated heterocycles. The predicted octanol–water partition coefficient (Wildman–Crippen LogP) is 15.9. The molecule has 2 aliphatic rings. The van der Waals surface area contributed by atoms with Gasteiger partial charge in [0, 0.05) is 16.8 Å². The quantitative estimate of drug-likeness (QED) is 0.177. The minimum atomic E-state index is -0.581. The summed E-state index contributed by atoms with van der Waals surface area (Å²) in [5, 5.41) is 4.69. The van der Waals surface area contributed by atoms with Crippen molar-refractivity contribution in [2.45, 2.75) is 5.41 Å². The van der Waals surface area contributed by atoms with Crippen LogP contribution < -0.4 is 4.90 Å². The van der Waals surface area contributed by atoms with E-state index >= 15 is 0 Å². The second-order valence-electron chi connectivity index (χ2n) is 16.4. The maximum atomic E-state index is 6.52. The van der Waals surface area contributed by atoms with Crippen molar-refractivity contribution < 1.29 is 4.42 Å². The molecule has 0 amide bonds. The maximum Gasteiger partial charge on any atom is 0.137 e. The second kappa shape index (κ2) is 13.0. The Morgan fingerprint density at radius 1 is 0.328 bits per heavy atom. The van der Waals surface area contributed by atoms with Crippen molar-refractivity contribution in [2.75, 3.05) is 4.90 Å². The summed E-state index contributed by atoms with van der Waals surface area (Å²) in [7, 11) is 0. The van der Waals surface area contributed by atoms with Gasteiger partial charge in [0.1, 0.15) is 11.2 Å². The molecule has 0 fully saturated rings. The van der Waals surface area contributed by atoms with Crippen LogP contribution in [-0.2, 0) is 5.41 Å². The molecule has 1 atom stereocenters. The number of hydrogen-bond donors (Lipinski definition) is 0. The van der Waals surface area contributed by atoms with Crippen molar-refractivity contribution >= 4 is 49.8 Å². The minimum Gasteiger partial charge on any atom is -0.456 e. The van der Waals surface area contributed by atoms with Gasteiger partial charge in [-0.1, -0.05) is 170 Å². The number of furan rings is 1. The molecule has 2 heteroatoms. The monoisotopic (exact) mass is 775 g/mol. The number of hydrogen-bond acceptors (Lipinski definition) is 2. The van der Waals surface area contributed by atoms with Crippen LogP contribution in [0.15, 0.2) is 229 Å². The number of nitrogens with zero attached hydrogens (tertiary/aromatic N) is 1. The summed E-state index contributed by atoms with van der Waals surface area (Å²) in [4.78, 5) is 2.43. The van der Waals surface area contributed by atoms with E-state index in [-0.39, 0.29) is 0 Å². The van der Waals surface area contributed by atoms with Crippen LogP contribution in [0.1, 0.15) is 22.3 Å². The molecule has 0 radical (unpaired) electrons. The molecule has 0 N–H and O–H groups in total. The van der Waals surface area contributed by atoms with Crippen LogP contribution in [0.3, 0.4) is 0 Å². The molecule has 0 aliphatic heterocycles. The minimum absolute atomic E-state index is 0.581. The number of rotatable bonds is 4. The highest BCUT2D eigenvalue weighted by Crippen LogP contribution is 2.62. The Morgan fingerprint density at radius 2 is 0.869 bits per heavy atom. The lowest BCUT2D eigenvalue weighted by molar-refractivity contribution is 0.669. The van der Waals surface area contributed by atoms with Crippen LogP contribution in [0.5, 0.6) is 0 Å². The van der Waals surface area contributed by atoms with Crippen molar-refractivity contribution in [3.05, 3.63) is 247 Å². The van der Waals surface area contributed by atoms with Crippen LogP contribution >= 0.6 is 0 Å². The van der Waals surface area contributed by atoms with E-state index in [1.807, 2.05) is 6.07 Å². The Hall–Kier alpha value is -7.94. The molecule has 1 aromatic heterocycles. The molecule has 1 unspecified atom stereocenters. The molecular formula is C59H37NO. The van der Waals surface area contributed by atoms with Gasteiger partial charge < -0.3 is 9.32 Å². The zero-order chi connectivity index (χ0) is 40.1. The van der Waals surface area contributed by atoms with Crippen LogP contribution in [0, 0.1) is 0 Å². The first kappa shape index (κ1) is 34.0. The zero-order valence-corrected chi connectivity index (χ0v) is 33.2. The van der Waals surface area contributed by atoms with Gasteiger partial charge in [0.15, 0.2) is 0 Å². The third-order valence-corrected chi connectivity index (χ3v) is 13.3. The number of para-hydroxylation sites is 1. The molecule has 284 valence electrons. The molecule has 1 spiro atoms. The van der Waals surface area contributed by atoms with Crippen molar-refractivity contribution in [1.29, 1.82) is 0 Å². The van der Waals surface area contributed by atoms with Crippen molar-refractivity contribution in [2.24, 2.45) is 0 Å². The van der Waals surface area contributed by atoms with Crippen LogP contribution in [-0.4, -0.2) is 0 Å². The van der Waals surface area contributed by atoms with E-state index in [0.29, 0.717) is 0 Å². The molecule has 0 bridgehead atoms. The SMILES string of the molecule is c1ccc(-c2ccc(N(c3ccc4c(c3)-c3ccccc3-c3ccccc3C43c4ccccc4-c4cc5ccccc5cc43)c3cccc4oc5ccccc5c34)cc2)cc1. The first-order chi connectivity index (χ1) is 30.3. The molecule has 10 aromatic carbocycles. The topological polar surface area (TPSA) is 16.4 Å². The number of anilines is 3. The van der Waals surface area contributed by atoms with Gasteiger partial charge in [0.05, 0.1) is 16.5 Å². The van der Waals surface area contributed by atoms with Crippen molar-refractivity contribution in [3.63, 3.8) is 0 Å². The summed E-state index contributed by atoms with van der Waals surface area (Å²) in [5.74, 6) is 0. The third-order valence-electron chi connectivity index (χ3n) is 13.3. The van der Waals surface area contributed by atoms with E-state index < -0.39 is 5.41 Å². The van der Waals surface area contributed by atoms with E-state index in [9.17, 15) is 0 Å². The van der Waals surface area contributed by atoms with E-state index in [4.69, 9.17) is 4.42 Å². The zero-order valence-electron chi connectivity index (χ0n) is 33.2. The van der Waals surface area contributed by atoms with E-state index in [1.165, 1.54) is 77.5 Å². The maximum absolute atomic E-state index is 6.52. The van der Waals surface area contributed by atoms with Gasteiger partial charge in [-0.2, -0.15) is 0 Å². The van der Waals surface area contributed by atoms with E-state index in [1.54, 1.807) is 0 Å². The smallest absolute Gasteiger partial charge is 0.137 e. The summed E-state index contributed by atoms with van der Waals surface area (Å²) in [6.45, 7) is 0. The standard InChI is InChI=1S/C59H37NO/c1-2-15-38(16-3-1)39-29-31-42(32-30-39)60(55-26-14-28-57-58(55)48-23-10-13-27-56(48)61-57)43-33-34-53-50(37-43)45-20-7-6-19-44(45)46-21-8-11-24-51(46)59(53)52-25-12-9-22-47(52)49-35-40-17-4-5-18-41(40)36-54(49)59/h1-37H. The van der Waals surface area contributed by atoms with Gasteiger partial charge in [-0.25, -0.2) is 0 Å². The number of fused-ring (bicyclic) bond motifs is 16. The highest BCUT2D eigenvalue weighted by atomic mass is 16.3. The highest BCUT2D eigenvalue weighted by molar-refractivity contribution is 6.13. The van der Waals surface area contributed by atoms with E-state index in [0.717, 1.165) is 39.0 Å². The summed E-state index contributed by atoms with van der Waals surface area (Å²) in [5.41, 5.74) is 19.5. The van der Waals surface area contributed by atoms with Crippen LogP contribution in [0.4, 0.5) is 17.1 Å². The van der Waals surface area contributed by atoms with E-state index in [2.05, 4.69) is 223 Å². The third kappa shape index (κ3) is 4.85. The predicted molar refractivity (Wildman–Crippen MR) is 253 cm³/mol. The van der Waals surface area contributed by atoms with Crippen LogP contribution in [0.2, 0.25) is 0 Å². The fraction of sp³-hybridized carbons (Fsp3) is 0.0169. The average Bonchev–Trinajstić information content (AvgIpc) is 3.82. The molecule has 11 aromatic rings. The van der Waals surface area contributed by atoms with Crippen molar-refractivity contribution in [1.82, 2.24) is 0 Å². The first-order valence-corrected chi connectivity index (χ1v) is 21.1. The molecule has 1 heterocycles. The average molecular weight is 776 g/mol. The van der Waals surface area contributed by atoms with Crippen molar-refractivity contribution in [3.8, 4) is 44.5 Å². The second-order valence-corrected chi connectivity index (χ2v) is 16.4. The summed E-state index contributed by atoms with van der Waals surface area (Å²) >= 11 is 0. The van der Waals surface area contributed by atoms with Gasteiger partial charge in [-0.05, 0) is 132 Å². The largest absolute Gasteiger partial charge is 0.456 e. The van der Waals surface area contributed by atoms with Gasteiger partial charge in [0.25, 0.3) is 0 Å². The first-order valence-electron chi connectivity index (χ1n) is 21.1. The Bertz CT molecular complexity index is 3540. The fourth-order valence-corrected chi connectivity index (χ4v) is 10.7. The molecule has 61 heavy (non-hydrogen) atoms. The van der Waals surface area contributed by atoms with Crippen LogP contribution in [0.25, 0.3) is 77.2 Å². The Kier molecular flexibility index (Phi) is 7.26. The molecule has 2 nitrogen and oxygen atoms in total. The Morgan fingerprint density at radius 3 is 1.64 bits per heavy atom. The summed E-state index contributed by atoms with van der Waals surface area (Å²) < 4.78 is 6.52. The van der Waals surface area contributed by atoms with Gasteiger partial charge >= 0.3 is 0 Å². The summed E-state index contributed by atoms with van der Waals surface area (Å²) in [6.07, 6.45) is 0. The molecule has 0 saturated carbocycles. The van der Waals surface area contributed by atoms with Gasteiger partial charge in [-0.3, -0.25) is 0 Å². The Balaban J connectivity index is 1.13. The Labute approximate surface area is 354 Å². The lowest BCUT2D eigenvalue weighted by atomic mass is 9.65. The lowest BCUT2D eigenvalue weighted by Gasteiger charge is -2.36. The normalized spacial score (nSPS) is 14.6. The summed E-state index contributed by atoms with van der Waals surface area (Å²) in [6, 6.07) is 82.6. The van der Waals surface area contributed by atoms with Gasteiger partial charge in [0.2, 0.25) is 0 Å². The van der Waals surface area contributed by atoms with Gasteiger partial charge in [-0.15, -0.1) is 0 Å². The molecular weight excluding hydrogens is 739 g/mol. The molecule has 2 aliphatic carbocycles. The molecule has 13 rings (SSSR count).